The average molecular weight is 334 g/mol. The predicted octanol–water partition coefficient (Wildman–Crippen LogP) is 4.06. The smallest absolute Gasteiger partial charge is 0.343 e. The summed E-state index contributed by atoms with van der Waals surface area (Å²) in [6, 6.07) is 12.6. The molecule has 0 unspecified atom stereocenters. The summed E-state index contributed by atoms with van der Waals surface area (Å²) in [7, 11) is 0. The summed E-state index contributed by atoms with van der Waals surface area (Å²) in [6.07, 6.45) is 3.56. The molecule has 4 nitrogen and oxygen atoms in total. The lowest BCUT2D eigenvalue weighted by Gasteiger charge is -2.08. The summed E-state index contributed by atoms with van der Waals surface area (Å²) in [4.78, 5) is 24.4. The first-order valence-electron chi connectivity index (χ1n) is 8.55. The highest BCUT2D eigenvalue weighted by Gasteiger charge is 2.20. The van der Waals surface area contributed by atoms with Crippen molar-refractivity contribution in [1.82, 2.24) is 0 Å². The zero-order valence-electron chi connectivity index (χ0n) is 14.0. The standard InChI is InChI=1S/C21H18O4/c1-2-13-6-8-14(9-7-13)20(22)24-15-10-11-17-16-4-3-5-18(16)21(23)25-19(17)12-15/h6-12H,2-5H2,1H3. The molecule has 0 N–H and O–H groups in total. The van der Waals surface area contributed by atoms with Gasteiger partial charge in [0.15, 0.2) is 0 Å². The lowest BCUT2D eigenvalue weighted by Crippen LogP contribution is -2.09. The molecule has 0 radical (unpaired) electrons. The van der Waals surface area contributed by atoms with Gasteiger partial charge in [-0.3, -0.25) is 0 Å². The van der Waals surface area contributed by atoms with Crippen molar-refractivity contribution in [3.8, 4) is 5.75 Å². The van der Waals surface area contributed by atoms with Crippen LogP contribution in [-0.4, -0.2) is 5.97 Å². The highest BCUT2D eigenvalue weighted by Crippen LogP contribution is 2.29. The van der Waals surface area contributed by atoms with E-state index in [4.69, 9.17) is 9.15 Å². The predicted molar refractivity (Wildman–Crippen MR) is 95.3 cm³/mol. The molecule has 2 aromatic carbocycles. The molecule has 0 fully saturated rings. The molecule has 4 rings (SSSR count). The maximum Gasteiger partial charge on any atom is 0.343 e. The zero-order valence-corrected chi connectivity index (χ0v) is 14.0. The van der Waals surface area contributed by atoms with Crippen LogP contribution >= 0.6 is 0 Å². The fraction of sp³-hybridized carbons (Fsp3) is 0.238. The molecule has 4 heteroatoms. The molecule has 0 aliphatic heterocycles. The normalized spacial score (nSPS) is 13.0. The van der Waals surface area contributed by atoms with Crippen molar-refractivity contribution in [3.63, 3.8) is 0 Å². The number of hydrogen-bond donors (Lipinski definition) is 0. The molecule has 0 bridgehead atoms. The van der Waals surface area contributed by atoms with Crippen molar-refractivity contribution in [3.05, 3.63) is 75.1 Å². The van der Waals surface area contributed by atoms with E-state index in [0.717, 1.165) is 47.8 Å². The Morgan fingerprint density at radius 3 is 2.60 bits per heavy atom. The first kappa shape index (κ1) is 15.6. The van der Waals surface area contributed by atoms with Crippen LogP contribution in [0.3, 0.4) is 0 Å². The first-order valence-corrected chi connectivity index (χ1v) is 8.55. The maximum atomic E-state index is 12.3. The Hall–Kier alpha value is -2.88. The van der Waals surface area contributed by atoms with Crippen molar-refractivity contribution in [2.75, 3.05) is 0 Å². The maximum absolute atomic E-state index is 12.3. The average Bonchev–Trinajstić information content (AvgIpc) is 3.12. The van der Waals surface area contributed by atoms with Crippen LogP contribution < -0.4 is 10.4 Å². The van der Waals surface area contributed by atoms with E-state index in [2.05, 4.69) is 6.92 Å². The molecule has 1 heterocycles. The second kappa shape index (κ2) is 6.20. The van der Waals surface area contributed by atoms with Gasteiger partial charge < -0.3 is 9.15 Å². The lowest BCUT2D eigenvalue weighted by molar-refractivity contribution is 0.0735. The number of rotatable bonds is 3. The summed E-state index contributed by atoms with van der Waals surface area (Å²) in [5.74, 6) is -0.0522. The summed E-state index contributed by atoms with van der Waals surface area (Å²) in [6.45, 7) is 2.06. The third kappa shape index (κ3) is 2.84. The minimum atomic E-state index is -0.425. The van der Waals surface area contributed by atoms with Gasteiger partial charge in [-0.1, -0.05) is 19.1 Å². The van der Waals surface area contributed by atoms with Gasteiger partial charge in [0.2, 0.25) is 0 Å². The second-order valence-electron chi connectivity index (χ2n) is 6.30. The molecular formula is C21H18O4. The van der Waals surface area contributed by atoms with E-state index in [1.807, 2.05) is 18.2 Å². The Kier molecular flexibility index (Phi) is 3.88. The van der Waals surface area contributed by atoms with Crippen LogP contribution in [0.15, 0.2) is 51.7 Å². The van der Waals surface area contributed by atoms with Crippen molar-refractivity contribution in [1.29, 1.82) is 0 Å². The van der Waals surface area contributed by atoms with E-state index in [0.29, 0.717) is 16.9 Å². The van der Waals surface area contributed by atoms with Gasteiger partial charge in [0, 0.05) is 17.0 Å². The lowest BCUT2D eigenvalue weighted by atomic mass is 10.1. The Balaban J connectivity index is 1.64. The van der Waals surface area contributed by atoms with Gasteiger partial charge in [0.25, 0.3) is 0 Å². The molecule has 0 amide bonds. The van der Waals surface area contributed by atoms with Crippen molar-refractivity contribution < 1.29 is 13.9 Å². The molecule has 0 saturated heterocycles. The summed E-state index contributed by atoms with van der Waals surface area (Å²) < 4.78 is 10.9. The highest BCUT2D eigenvalue weighted by atomic mass is 16.5. The number of ether oxygens (including phenoxy) is 1. The SMILES string of the molecule is CCc1ccc(C(=O)Oc2ccc3c4c(c(=O)oc3c2)CCC4)cc1. The van der Waals surface area contributed by atoms with Crippen LogP contribution in [-0.2, 0) is 19.3 Å². The molecule has 3 aromatic rings. The Labute approximate surface area is 145 Å². The summed E-state index contributed by atoms with van der Waals surface area (Å²) in [5, 5.41) is 0.930. The van der Waals surface area contributed by atoms with Gasteiger partial charge in [-0.2, -0.15) is 0 Å². The van der Waals surface area contributed by atoms with E-state index >= 15 is 0 Å². The number of aryl methyl sites for hydroxylation is 2. The Morgan fingerprint density at radius 1 is 1.08 bits per heavy atom. The number of carbonyl (C=O) groups excluding carboxylic acids is 1. The largest absolute Gasteiger partial charge is 0.423 e. The van der Waals surface area contributed by atoms with Gasteiger partial charge in [-0.25, -0.2) is 9.59 Å². The quantitative estimate of drug-likeness (QED) is 0.412. The molecular weight excluding hydrogens is 316 g/mol. The van der Waals surface area contributed by atoms with Gasteiger partial charge in [-0.15, -0.1) is 0 Å². The van der Waals surface area contributed by atoms with Crippen molar-refractivity contribution >= 4 is 16.9 Å². The minimum absolute atomic E-state index is 0.279. The van der Waals surface area contributed by atoms with Crippen LogP contribution in [0.4, 0.5) is 0 Å². The van der Waals surface area contributed by atoms with E-state index in [9.17, 15) is 9.59 Å². The zero-order chi connectivity index (χ0) is 17.4. The summed E-state index contributed by atoms with van der Waals surface area (Å²) in [5.41, 5.74) is 3.70. The van der Waals surface area contributed by atoms with E-state index in [1.165, 1.54) is 0 Å². The molecule has 1 aliphatic carbocycles. The number of esters is 1. The molecule has 0 atom stereocenters. The third-order valence-corrected chi connectivity index (χ3v) is 4.75. The van der Waals surface area contributed by atoms with E-state index < -0.39 is 5.97 Å². The fourth-order valence-corrected chi connectivity index (χ4v) is 3.37. The number of hydrogen-bond acceptors (Lipinski definition) is 4. The minimum Gasteiger partial charge on any atom is -0.423 e. The second-order valence-corrected chi connectivity index (χ2v) is 6.30. The fourth-order valence-electron chi connectivity index (χ4n) is 3.37. The van der Waals surface area contributed by atoms with Crippen LogP contribution in [0.1, 0.15) is 40.4 Å². The van der Waals surface area contributed by atoms with Gasteiger partial charge in [0.1, 0.15) is 11.3 Å². The third-order valence-electron chi connectivity index (χ3n) is 4.75. The van der Waals surface area contributed by atoms with Crippen LogP contribution in [0.5, 0.6) is 5.75 Å². The van der Waals surface area contributed by atoms with Gasteiger partial charge in [0.05, 0.1) is 5.56 Å². The molecule has 0 saturated carbocycles. The van der Waals surface area contributed by atoms with Crippen LogP contribution in [0.2, 0.25) is 0 Å². The molecule has 25 heavy (non-hydrogen) atoms. The van der Waals surface area contributed by atoms with Crippen LogP contribution in [0.25, 0.3) is 11.0 Å². The number of carbonyl (C=O) groups is 1. The van der Waals surface area contributed by atoms with E-state index in [1.54, 1.807) is 24.3 Å². The van der Waals surface area contributed by atoms with Crippen molar-refractivity contribution in [2.45, 2.75) is 32.6 Å². The molecule has 126 valence electrons. The topological polar surface area (TPSA) is 56.5 Å². The van der Waals surface area contributed by atoms with Gasteiger partial charge in [-0.05, 0) is 61.1 Å². The van der Waals surface area contributed by atoms with E-state index in [-0.39, 0.29) is 5.63 Å². The van der Waals surface area contributed by atoms with Gasteiger partial charge >= 0.3 is 11.6 Å². The van der Waals surface area contributed by atoms with Crippen LogP contribution in [0, 0.1) is 0 Å². The number of fused-ring (bicyclic) bond motifs is 3. The summed E-state index contributed by atoms with van der Waals surface area (Å²) >= 11 is 0. The molecule has 1 aliphatic rings. The Bertz CT molecular complexity index is 1010. The first-order chi connectivity index (χ1) is 12.2. The number of benzene rings is 2. The molecule has 0 spiro atoms. The highest BCUT2D eigenvalue weighted by molar-refractivity contribution is 5.92. The van der Waals surface area contributed by atoms with Crippen molar-refractivity contribution in [2.24, 2.45) is 0 Å². The monoisotopic (exact) mass is 334 g/mol. The molecule has 1 aromatic heterocycles. The Morgan fingerprint density at radius 2 is 1.84 bits per heavy atom.